The van der Waals surface area contributed by atoms with E-state index in [9.17, 15) is 4.79 Å². The average Bonchev–Trinajstić information content (AvgIpc) is 2.57. The van der Waals surface area contributed by atoms with Gasteiger partial charge in [0.05, 0.1) is 12.1 Å². The van der Waals surface area contributed by atoms with Crippen molar-refractivity contribution in [3.8, 4) is 6.07 Å². The molecule has 0 atom stereocenters. The maximum atomic E-state index is 12.0. The summed E-state index contributed by atoms with van der Waals surface area (Å²) in [6.45, 7) is 0. The van der Waals surface area contributed by atoms with Gasteiger partial charge in [-0.3, -0.25) is 15.6 Å². The number of nitriles is 1. The van der Waals surface area contributed by atoms with Gasteiger partial charge >= 0.3 is 0 Å². The van der Waals surface area contributed by atoms with Crippen molar-refractivity contribution >= 4 is 28.8 Å². The zero-order valence-electron chi connectivity index (χ0n) is 12.8. The van der Waals surface area contributed by atoms with Crippen LogP contribution in [0, 0.1) is 16.7 Å². The van der Waals surface area contributed by atoms with Crippen molar-refractivity contribution in [1.82, 2.24) is 0 Å². The maximum absolute atomic E-state index is 12.0. The van der Waals surface area contributed by atoms with Crippen LogP contribution in [-0.2, 0) is 11.2 Å². The molecule has 0 saturated carbocycles. The maximum Gasteiger partial charge on any atom is 0.228 e. The Morgan fingerprint density at radius 2 is 1.75 bits per heavy atom. The molecule has 0 aliphatic carbocycles. The largest absolute Gasteiger partial charge is 0.382 e. The highest BCUT2D eigenvalue weighted by Crippen LogP contribution is 2.14. The molecular weight excluding hydrogens is 304 g/mol. The number of nitrogens with two attached hydrogens (primary N) is 1. The molecule has 7 heteroatoms. The number of rotatable bonds is 6. The Morgan fingerprint density at radius 3 is 2.33 bits per heavy atom. The van der Waals surface area contributed by atoms with Gasteiger partial charge in [0.15, 0.2) is 5.84 Å². The summed E-state index contributed by atoms with van der Waals surface area (Å²) in [5.74, 6) is -0.516. The number of amidine groups is 1. The van der Waals surface area contributed by atoms with Crippen molar-refractivity contribution < 1.29 is 4.79 Å². The summed E-state index contributed by atoms with van der Waals surface area (Å²) in [5, 5.41) is 22.4. The van der Waals surface area contributed by atoms with Gasteiger partial charge in [-0.15, -0.1) is 0 Å². The van der Waals surface area contributed by atoms with Gasteiger partial charge < -0.3 is 11.1 Å². The predicted molar refractivity (Wildman–Crippen MR) is 93.8 cm³/mol. The number of benzene rings is 2. The molecule has 0 heterocycles. The first-order valence-electron chi connectivity index (χ1n) is 7.10. The van der Waals surface area contributed by atoms with E-state index in [1.54, 1.807) is 30.3 Å². The summed E-state index contributed by atoms with van der Waals surface area (Å²) in [7, 11) is 0. The molecule has 2 aromatic carbocycles. The van der Waals surface area contributed by atoms with E-state index in [4.69, 9.17) is 16.4 Å². The average molecular weight is 320 g/mol. The first kappa shape index (κ1) is 16.7. The lowest BCUT2D eigenvalue weighted by Gasteiger charge is -2.07. The predicted octanol–water partition coefficient (Wildman–Crippen LogP) is 2.10. The molecule has 0 aliphatic heterocycles. The van der Waals surface area contributed by atoms with Crippen LogP contribution in [0.3, 0.4) is 0 Å². The van der Waals surface area contributed by atoms with Crippen molar-refractivity contribution in [2.45, 2.75) is 6.42 Å². The lowest BCUT2D eigenvalue weighted by Crippen LogP contribution is -2.21. The number of nitrogens with zero attached hydrogens (tertiary/aromatic N) is 2. The van der Waals surface area contributed by atoms with Crippen molar-refractivity contribution in [2.75, 3.05) is 10.7 Å². The van der Waals surface area contributed by atoms with E-state index in [-0.39, 0.29) is 11.6 Å². The molecule has 0 unspecified atom stereocenters. The van der Waals surface area contributed by atoms with Crippen LogP contribution in [0.1, 0.15) is 5.56 Å². The quantitative estimate of drug-likeness (QED) is 0.369. The number of hydrazone groups is 1. The summed E-state index contributed by atoms with van der Waals surface area (Å²) >= 11 is 0. The Balaban J connectivity index is 1.93. The van der Waals surface area contributed by atoms with Gasteiger partial charge in [-0.25, -0.2) is 0 Å². The van der Waals surface area contributed by atoms with Crippen LogP contribution in [0.15, 0.2) is 59.7 Å². The number of anilines is 2. The number of nitrogens with one attached hydrogen (secondary N) is 3. The minimum absolute atomic E-state index is 0.108. The first-order chi connectivity index (χ1) is 11.6. The van der Waals surface area contributed by atoms with Crippen LogP contribution in [0.5, 0.6) is 0 Å². The summed E-state index contributed by atoms with van der Waals surface area (Å²) in [6.07, 6.45) is 0.301. The molecule has 0 spiro atoms. The van der Waals surface area contributed by atoms with Crippen LogP contribution in [0.2, 0.25) is 0 Å². The standard InChI is InChI=1S/C17H16N6O/c18-11-15(17(19)20)23-22-14-8-6-13(7-9-14)21-16(24)10-12-4-2-1-3-5-12/h1-9,22H,10H2,(H3,19,20)(H,21,24)/b23-15+. The molecule has 0 aliphatic rings. The smallest absolute Gasteiger partial charge is 0.228 e. The minimum atomic E-state index is -0.408. The summed E-state index contributed by atoms with van der Waals surface area (Å²) in [4.78, 5) is 12.0. The van der Waals surface area contributed by atoms with Gasteiger partial charge in [0, 0.05) is 5.69 Å². The first-order valence-corrected chi connectivity index (χ1v) is 7.10. The monoisotopic (exact) mass is 320 g/mol. The molecule has 24 heavy (non-hydrogen) atoms. The van der Waals surface area contributed by atoms with Gasteiger partial charge in [-0.2, -0.15) is 10.4 Å². The van der Waals surface area contributed by atoms with Crippen LogP contribution >= 0.6 is 0 Å². The molecule has 2 rings (SSSR count). The molecule has 120 valence electrons. The zero-order valence-corrected chi connectivity index (χ0v) is 12.8. The molecule has 2 aromatic rings. The fourth-order valence-electron chi connectivity index (χ4n) is 1.88. The number of amides is 1. The lowest BCUT2D eigenvalue weighted by molar-refractivity contribution is -0.115. The second kappa shape index (κ2) is 8.10. The Morgan fingerprint density at radius 1 is 1.12 bits per heavy atom. The van der Waals surface area contributed by atoms with E-state index in [2.05, 4.69) is 15.8 Å². The van der Waals surface area contributed by atoms with E-state index >= 15 is 0 Å². The lowest BCUT2D eigenvalue weighted by atomic mass is 10.1. The second-order valence-corrected chi connectivity index (χ2v) is 4.89. The minimum Gasteiger partial charge on any atom is -0.382 e. The Labute approximate surface area is 139 Å². The number of hydrogen-bond donors (Lipinski definition) is 4. The van der Waals surface area contributed by atoms with Crippen molar-refractivity contribution in [1.29, 1.82) is 10.7 Å². The second-order valence-electron chi connectivity index (χ2n) is 4.89. The Hall–Kier alpha value is -3.66. The highest BCUT2D eigenvalue weighted by Gasteiger charge is 2.04. The third-order valence-electron chi connectivity index (χ3n) is 3.03. The highest BCUT2D eigenvalue weighted by molar-refractivity contribution is 6.45. The van der Waals surface area contributed by atoms with E-state index in [0.29, 0.717) is 17.8 Å². The van der Waals surface area contributed by atoms with Gasteiger partial charge in [0.1, 0.15) is 6.07 Å². The highest BCUT2D eigenvalue weighted by atomic mass is 16.1. The van der Waals surface area contributed by atoms with Crippen molar-refractivity contribution in [2.24, 2.45) is 10.8 Å². The van der Waals surface area contributed by atoms with Crippen LogP contribution in [-0.4, -0.2) is 17.5 Å². The third-order valence-corrected chi connectivity index (χ3v) is 3.03. The molecule has 0 bridgehead atoms. The molecule has 0 saturated heterocycles. The van der Waals surface area contributed by atoms with Gasteiger partial charge in [0.25, 0.3) is 0 Å². The van der Waals surface area contributed by atoms with Crippen LogP contribution < -0.4 is 16.5 Å². The SMILES string of the molecule is N#C/C(=N\Nc1ccc(NC(=O)Cc2ccccc2)cc1)C(=N)N. The van der Waals surface area contributed by atoms with Gasteiger partial charge in [0.2, 0.25) is 11.6 Å². The van der Waals surface area contributed by atoms with E-state index in [1.807, 2.05) is 30.3 Å². The van der Waals surface area contributed by atoms with E-state index < -0.39 is 5.84 Å². The van der Waals surface area contributed by atoms with Gasteiger partial charge in [-0.1, -0.05) is 30.3 Å². The fourth-order valence-corrected chi connectivity index (χ4v) is 1.88. The summed E-state index contributed by atoms with van der Waals surface area (Å²) in [6, 6.07) is 18.0. The molecule has 1 amide bonds. The van der Waals surface area contributed by atoms with Crippen molar-refractivity contribution in [3.63, 3.8) is 0 Å². The van der Waals surface area contributed by atoms with Crippen molar-refractivity contribution in [3.05, 3.63) is 60.2 Å². The summed E-state index contributed by atoms with van der Waals surface area (Å²) < 4.78 is 0. The van der Waals surface area contributed by atoms with E-state index in [1.165, 1.54) is 0 Å². The number of carbonyl (C=O) groups excluding carboxylic acids is 1. The molecule has 0 aromatic heterocycles. The molecule has 7 nitrogen and oxygen atoms in total. The third kappa shape index (κ3) is 4.96. The Bertz CT molecular complexity index is 790. The number of hydrogen-bond acceptors (Lipinski definition) is 5. The molecular formula is C17H16N6O. The molecule has 0 fully saturated rings. The van der Waals surface area contributed by atoms with Crippen LogP contribution in [0.25, 0.3) is 0 Å². The van der Waals surface area contributed by atoms with Crippen LogP contribution in [0.4, 0.5) is 11.4 Å². The topological polar surface area (TPSA) is 127 Å². The summed E-state index contributed by atoms with van der Waals surface area (Å²) in [5.41, 5.74) is 9.82. The Kier molecular flexibility index (Phi) is 5.64. The molecule has 0 radical (unpaired) electrons. The van der Waals surface area contributed by atoms with E-state index in [0.717, 1.165) is 5.56 Å². The zero-order chi connectivity index (χ0) is 17.4. The number of carbonyl (C=O) groups is 1. The molecule has 5 N–H and O–H groups in total. The van der Waals surface area contributed by atoms with Gasteiger partial charge in [-0.05, 0) is 29.8 Å². The normalized spacial score (nSPS) is 10.5. The fraction of sp³-hybridized carbons (Fsp3) is 0.0588.